The Kier molecular flexibility index (Phi) is 3.33. The second-order valence-corrected chi connectivity index (χ2v) is 4.74. The van der Waals surface area contributed by atoms with Crippen molar-refractivity contribution in [1.82, 2.24) is 0 Å². The van der Waals surface area contributed by atoms with Crippen molar-refractivity contribution < 1.29 is 5.11 Å². The maximum absolute atomic E-state index is 9.84. The smallest absolute Gasteiger partial charge is 0.0935 e. The molecule has 0 aromatic rings. The molecule has 0 saturated carbocycles. The molecule has 0 aliphatic heterocycles. The van der Waals surface area contributed by atoms with Crippen LogP contribution in [0.15, 0.2) is 35.5 Å². The van der Waals surface area contributed by atoms with Crippen molar-refractivity contribution in [3.05, 3.63) is 35.5 Å². The van der Waals surface area contributed by atoms with Gasteiger partial charge in [0.15, 0.2) is 0 Å². The van der Waals surface area contributed by atoms with Gasteiger partial charge in [0.05, 0.1) is 6.10 Å². The van der Waals surface area contributed by atoms with Crippen molar-refractivity contribution in [3.8, 4) is 0 Å². The van der Waals surface area contributed by atoms with E-state index in [0.717, 1.165) is 12.0 Å². The standard InChI is InChI=1S/C13H20O/c1-5-6-12(14)11-7-10(2)8-13(3,4)9-11/h5-8,12,14H,9H2,1-4H3/b6-5+. The lowest BCUT2D eigenvalue weighted by Crippen LogP contribution is -2.19. The van der Waals surface area contributed by atoms with Gasteiger partial charge in [-0.15, -0.1) is 0 Å². The quantitative estimate of drug-likeness (QED) is 0.666. The maximum atomic E-state index is 9.84. The summed E-state index contributed by atoms with van der Waals surface area (Å²) in [7, 11) is 0. The van der Waals surface area contributed by atoms with Gasteiger partial charge >= 0.3 is 0 Å². The maximum Gasteiger partial charge on any atom is 0.0935 e. The summed E-state index contributed by atoms with van der Waals surface area (Å²) < 4.78 is 0. The molecule has 1 nitrogen and oxygen atoms in total. The molecule has 1 aliphatic rings. The molecule has 0 fully saturated rings. The van der Waals surface area contributed by atoms with Crippen LogP contribution in [0.25, 0.3) is 0 Å². The predicted octanol–water partition coefficient (Wildman–Crippen LogP) is 3.23. The van der Waals surface area contributed by atoms with Crippen molar-refractivity contribution in [2.45, 2.75) is 40.2 Å². The van der Waals surface area contributed by atoms with E-state index in [1.54, 1.807) is 0 Å². The molecule has 1 atom stereocenters. The van der Waals surface area contributed by atoms with Gasteiger partial charge in [0, 0.05) is 0 Å². The average Bonchev–Trinajstić information content (AvgIpc) is 2.00. The summed E-state index contributed by atoms with van der Waals surface area (Å²) in [6, 6.07) is 0. The average molecular weight is 192 g/mol. The van der Waals surface area contributed by atoms with E-state index >= 15 is 0 Å². The SMILES string of the molecule is C/C=C/C(O)C1=CC(C)=CC(C)(C)C1. The van der Waals surface area contributed by atoms with Gasteiger partial charge in [-0.3, -0.25) is 0 Å². The van der Waals surface area contributed by atoms with Crippen LogP contribution in [0.5, 0.6) is 0 Å². The van der Waals surface area contributed by atoms with Gasteiger partial charge in [0.1, 0.15) is 0 Å². The molecule has 1 rings (SSSR count). The largest absolute Gasteiger partial charge is 0.385 e. The molecule has 0 aromatic carbocycles. The number of hydrogen-bond acceptors (Lipinski definition) is 1. The van der Waals surface area contributed by atoms with Crippen LogP contribution < -0.4 is 0 Å². The lowest BCUT2D eigenvalue weighted by Gasteiger charge is -2.28. The van der Waals surface area contributed by atoms with E-state index in [9.17, 15) is 5.11 Å². The Hall–Kier alpha value is -0.820. The summed E-state index contributed by atoms with van der Waals surface area (Å²) in [6.45, 7) is 8.42. The van der Waals surface area contributed by atoms with Crippen molar-refractivity contribution >= 4 is 0 Å². The van der Waals surface area contributed by atoms with Gasteiger partial charge in [0.2, 0.25) is 0 Å². The van der Waals surface area contributed by atoms with Crippen LogP contribution in [-0.4, -0.2) is 11.2 Å². The fraction of sp³-hybridized carbons (Fsp3) is 0.538. The molecular formula is C13H20O. The highest BCUT2D eigenvalue weighted by Gasteiger charge is 2.23. The second-order valence-electron chi connectivity index (χ2n) is 4.74. The third-order valence-corrected chi connectivity index (χ3v) is 2.45. The molecule has 1 N–H and O–H groups in total. The first-order valence-corrected chi connectivity index (χ1v) is 5.15. The molecule has 0 amide bonds. The predicted molar refractivity (Wildman–Crippen MR) is 61.1 cm³/mol. The molecule has 1 heteroatoms. The third-order valence-electron chi connectivity index (χ3n) is 2.45. The Bertz CT molecular complexity index is 292. The van der Waals surface area contributed by atoms with Crippen LogP contribution in [0.1, 0.15) is 34.1 Å². The molecule has 1 aliphatic carbocycles. The zero-order valence-electron chi connectivity index (χ0n) is 9.54. The Labute approximate surface area is 86.8 Å². The summed E-state index contributed by atoms with van der Waals surface area (Å²) in [5, 5.41) is 9.84. The number of rotatable bonds is 2. The van der Waals surface area contributed by atoms with E-state index in [-0.39, 0.29) is 5.41 Å². The third kappa shape index (κ3) is 2.85. The number of hydrogen-bond donors (Lipinski definition) is 1. The Morgan fingerprint density at radius 3 is 2.64 bits per heavy atom. The van der Waals surface area contributed by atoms with E-state index < -0.39 is 6.10 Å². The summed E-state index contributed by atoms with van der Waals surface area (Å²) >= 11 is 0. The van der Waals surface area contributed by atoms with Crippen LogP contribution in [0.4, 0.5) is 0 Å². The molecule has 0 radical (unpaired) electrons. The summed E-state index contributed by atoms with van der Waals surface area (Å²) in [6.07, 6.45) is 8.61. The minimum atomic E-state index is -0.414. The first-order valence-electron chi connectivity index (χ1n) is 5.15. The lowest BCUT2D eigenvalue weighted by molar-refractivity contribution is 0.243. The van der Waals surface area contributed by atoms with Crippen LogP contribution in [0.2, 0.25) is 0 Å². The van der Waals surface area contributed by atoms with Crippen LogP contribution in [0.3, 0.4) is 0 Å². The molecule has 1 unspecified atom stereocenters. The first-order chi connectivity index (χ1) is 6.44. The van der Waals surface area contributed by atoms with E-state index in [1.165, 1.54) is 5.57 Å². The van der Waals surface area contributed by atoms with E-state index in [4.69, 9.17) is 0 Å². The Balaban J connectivity index is 2.87. The summed E-state index contributed by atoms with van der Waals surface area (Å²) in [5.41, 5.74) is 2.55. The molecule has 78 valence electrons. The van der Waals surface area contributed by atoms with E-state index in [1.807, 2.05) is 19.1 Å². The summed E-state index contributed by atoms with van der Waals surface area (Å²) in [5.74, 6) is 0. The molecule has 0 bridgehead atoms. The molecule has 0 heterocycles. The van der Waals surface area contributed by atoms with Crippen molar-refractivity contribution in [3.63, 3.8) is 0 Å². The topological polar surface area (TPSA) is 20.2 Å². The highest BCUT2D eigenvalue weighted by molar-refractivity contribution is 5.33. The van der Waals surface area contributed by atoms with Crippen LogP contribution in [0, 0.1) is 5.41 Å². The van der Waals surface area contributed by atoms with Gasteiger partial charge < -0.3 is 5.11 Å². The zero-order valence-corrected chi connectivity index (χ0v) is 9.54. The Morgan fingerprint density at radius 2 is 2.14 bits per heavy atom. The van der Waals surface area contributed by atoms with Gasteiger partial charge in [-0.2, -0.15) is 0 Å². The molecule has 0 aromatic heterocycles. The van der Waals surface area contributed by atoms with Crippen molar-refractivity contribution in [2.24, 2.45) is 5.41 Å². The van der Waals surface area contributed by atoms with E-state index in [0.29, 0.717) is 0 Å². The summed E-state index contributed by atoms with van der Waals surface area (Å²) in [4.78, 5) is 0. The molecule has 0 saturated heterocycles. The minimum absolute atomic E-state index is 0.177. The molecule has 0 spiro atoms. The Morgan fingerprint density at radius 1 is 1.50 bits per heavy atom. The lowest BCUT2D eigenvalue weighted by atomic mass is 9.78. The fourth-order valence-electron chi connectivity index (χ4n) is 2.07. The number of aliphatic hydroxyl groups is 1. The van der Waals surface area contributed by atoms with Gasteiger partial charge in [-0.25, -0.2) is 0 Å². The van der Waals surface area contributed by atoms with E-state index in [2.05, 4.69) is 32.9 Å². The highest BCUT2D eigenvalue weighted by atomic mass is 16.3. The number of allylic oxidation sites excluding steroid dienone is 4. The number of aliphatic hydroxyl groups excluding tert-OH is 1. The molecular weight excluding hydrogens is 172 g/mol. The monoisotopic (exact) mass is 192 g/mol. The van der Waals surface area contributed by atoms with Gasteiger partial charge in [-0.1, -0.05) is 43.7 Å². The normalized spacial score (nSPS) is 23.2. The van der Waals surface area contributed by atoms with Gasteiger partial charge in [-0.05, 0) is 31.3 Å². The van der Waals surface area contributed by atoms with Gasteiger partial charge in [0.25, 0.3) is 0 Å². The molecule has 14 heavy (non-hydrogen) atoms. The van der Waals surface area contributed by atoms with Crippen molar-refractivity contribution in [1.29, 1.82) is 0 Å². The van der Waals surface area contributed by atoms with Crippen LogP contribution >= 0.6 is 0 Å². The first kappa shape index (κ1) is 11.3. The van der Waals surface area contributed by atoms with Crippen LogP contribution in [-0.2, 0) is 0 Å². The zero-order chi connectivity index (χ0) is 10.8. The fourth-order valence-corrected chi connectivity index (χ4v) is 2.07. The second kappa shape index (κ2) is 4.14. The minimum Gasteiger partial charge on any atom is -0.385 e. The van der Waals surface area contributed by atoms with Crippen molar-refractivity contribution in [2.75, 3.05) is 0 Å². The highest BCUT2D eigenvalue weighted by Crippen LogP contribution is 2.34.